The molecule has 1 aromatic carbocycles. The summed E-state index contributed by atoms with van der Waals surface area (Å²) in [6.45, 7) is 2.97. The van der Waals surface area contributed by atoms with Gasteiger partial charge in [-0.25, -0.2) is 9.18 Å². The van der Waals surface area contributed by atoms with Gasteiger partial charge in [-0.2, -0.15) is 0 Å². The van der Waals surface area contributed by atoms with Crippen molar-refractivity contribution in [3.05, 3.63) is 53.1 Å². The van der Waals surface area contributed by atoms with Gasteiger partial charge in [-0.15, -0.1) is 0 Å². The summed E-state index contributed by atoms with van der Waals surface area (Å²) in [4.78, 5) is 22.5. The van der Waals surface area contributed by atoms with E-state index in [0.29, 0.717) is 11.3 Å². The Kier molecular flexibility index (Phi) is 3.21. The molecule has 0 aliphatic heterocycles. The lowest BCUT2D eigenvalue weighted by Crippen LogP contribution is -2.05. The average Bonchev–Trinajstić information content (AvgIpc) is 2.78. The van der Waals surface area contributed by atoms with Crippen LogP contribution in [-0.4, -0.2) is 21.4 Å². The fourth-order valence-electron chi connectivity index (χ4n) is 1.77. The van der Waals surface area contributed by atoms with Crippen molar-refractivity contribution in [3.8, 4) is 5.69 Å². The van der Waals surface area contributed by atoms with E-state index in [-0.39, 0.29) is 17.0 Å². The molecule has 0 radical (unpaired) electrons. The van der Waals surface area contributed by atoms with Gasteiger partial charge in [0.05, 0.1) is 0 Å². The van der Waals surface area contributed by atoms with Crippen LogP contribution in [0.1, 0.15) is 33.3 Å². The van der Waals surface area contributed by atoms with Crippen molar-refractivity contribution in [2.24, 2.45) is 0 Å². The van der Waals surface area contributed by atoms with Crippen LogP contribution in [-0.2, 0) is 0 Å². The monoisotopic (exact) mass is 261 g/mol. The van der Waals surface area contributed by atoms with Crippen LogP contribution in [0.4, 0.5) is 4.39 Å². The van der Waals surface area contributed by atoms with Crippen LogP contribution in [0.3, 0.4) is 0 Å². The second-order valence-corrected chi connectivity index (χ2v) is 4.28. The maximum atomic E-state index is 13.5. The van der Waals surface area contributed by atoms with E-state index in [1.807, 2.05) is 0 Å². The summed E-state index contributed by atoms with van der Waals surface area (Å²) < 4.78 is 14.8. The number of rotatable bonds is 3. The molecule has 0 amide bonds. The summed E-state index contributed by atoms with van der Waals surface area (Å²) in [5, 5.41) is 9.12. The molecule has 0 saturated heterocycles. The summed E-state index contributed by atoms with van der Waals surface area (Å²) in [6, 6.07) is 5.69. The van der Waals surface area contributed by atoms with E-state index < -0.39 is 11.8 Å². The van der Waals surface area contributed by atoms with E-state index in [1.165, 1.54) is 29.8 Å². The lowest BCUT2D eigenvalue weighted by atomic mass is 10.2. The molecule has 5 heteroatoms. The van der Waals surface area contributed by atoms with Gasteiger partial charge in [0, 0.05) is 17.4 Å². The van der Waals surface area contributed by atoms with Crippen molar-refractivity contribution < 1.29 is 19.1 Å². The molecule has 4 nitrogen and oxygen atoms in total. The first-order valence-corrected chi connectivity index (χ1v) is 5.63. The first kappa shape index (κ1) is 13.0. The van der Waals surface area contributed by atoms with E-state index in [4.69, 9.17) is 5.11 Å². The van der Waals surface area contributed by atoms with Crippen molar-refractivity contribution in [2.75, 3.05) is 0 Å². The lowest BCUT2D eigenvalue weighted by molar-refractivity contribution is 0.0688. The van der Waals surface area contributed by atoms with Crippen LogP contribution in [0.5, 0.6) is 0 Å². The summed E-state index contributed by atoms with van der Waals surface area (Å²) in [5.41, 5.74) is 1.04. The first-order valence-electron chi connectivity index (χ1n) is 5.63. The second-order valence-electron chi connectivity index (χ2n) is 4.28. The number of carbonyl (C=O) groups excluding carboxylic acids is 1. The number of aromatic nitrogens is 1. The van der Waals surface area contributed by atoms with Crippen molar-refractivity contribution in [2.45, 2.75) is 13.8 Å². The molecule has 2 rings (SSSR count). The van der Waals surface area contributed by atoms with E-state index in [1.54, 1.807) is 19.1 Å². The standard InChI is InChI=1S/C14H12FNO3/c1-8-3-4-11(6-12(8)15)16-7-10(9(2)17)5-13(16)14(18)19/h3-7H,1-2H3,(H,18,19). The van der Waals surface area contributed by atoms with Gasteiger partial charge in [0.15, 0.2) is 5.78 Å². The maximum Gasteiger partial charge on any atom is 0.352 e. The highest BCUT2D eigenvalue weighted by Crippen LogP contribution is 2.19. The number of Topliss-reactive ketones (excluding diaryl/α,β-unsaturated/α-hetero) is 1. The quantitative estimate of drug-likeness (QED) is 0.864. The third-order valence-electron chi connectivity index (χ3n) is 2.88. The molecule has 1 heterocycles. The predicted molar refractivity (Wildman–Crippen MR) is 67.4 cm³/mol. The molecular weight excluding hydrogens is 249 g/mol. The van der Waals surface area contributed by atoms with Gasteiger partial charge in [0.1, 0.15) is 11.5 Å². The third-order valence-corrected chi connectivity index (χ3v) is 2.88. The number of nitrogens with zero attached hydrogens (tertiary/aromatic N) is 1. The molecule has 1 aromatic heterocycles. The number of aryl methyl sites for hydroxylation is 1. The molecule has 19 heavy (non-hydrogen) atoms. The molecule has 0 aliphatic carbocycles. The number of carboxylic acids is 1. The van der Waals surface area contributed by atoms with Gasteiger partial charge in [-0.05, 0) is 37.6 Å². The highest BCUT2D eigenvalue weighted by molar-refractivity contribution is 5.97. The first-order chi connectivity index (χ1) is 8.90. The number of hydrogen-bond acceptors (Lipinski definition) is 2. The van der Waals surface area contributed by atoms with Gasteiger partial charge >= 0.3 is 5.97 Å². The zero-order valence-corrected chi connectivity index (χ0v) is 10.5. The normalized spacial score (nSPS) is 10.5. The smallest absolute Gasteiger partial charge is 0.352 e. The van der Waals surface area contributed by atoms with Gasteiger partial charge in [0.25, 0.3) is 0 Å². The Bertz CT molecular complexity index is 673. The molecule has 0 saturated carbocycles. The van der Waals surface area contributed by atoms with E-state index >= 15 is 0 Å². The Hall–Kier alpha value is -2.43. The molecule has 0 aliphatic rings. The largest absolute Gasteiger partial charge is 0.477 e. The zero-order valence-electron chi connectivity index (χ0n) is 10.5. The average molecular weight is 261 g/mol. The number of aromatic carboxylic acids is 1. The highest BCUT2D eigenvalue weighted by Gasteiger charge is 2.16. The van der Waals surface area contributed by atoms with Crippen LogP contribution < -0.4 is 0 Å². The van der Waals surface area contributed by atoms with Crippen LogP contribution in [0.2, 0.25) is 0 Å². The van der Waals surface area contributed by atoms with Crippen LogP contribution in [0.15, 0.2) is 30.5 Å². The van der Waals surface area contributed by atoms with Crippen molar-refractivity contribution >= 4 is 11.8 Å². The van der Waals surface area contributed by atoms with Crippen LogP contribution >= 0.6 is 0 Å². The molecule has 1 N–H and O–H groups in total. The van der Waals surface area contributed by atoms with Gasteiger partial charge in [-0.1, -0.05) is 6.07 Å². The molecule has 0 fully saturated rings. The molecule has 0 bridgehead atoms. The summed E-state index contributed by atoms with van der Waals surface area (Å²) in [6.07, 6.45) is 1.40. The maximum absolute atomic E-state index is 13.5. The Balaban J connectivity index is 2.62. The minimum Gasteiger partial charge on any atom is -0.477 e. The number of halogens is 1. The number of carboxylic acid groups (broad SMARTS) is 1. The fourth-order valence-corrected chi connectivity index (χ4v) is 1.77. The van der Waals surface area contributed by atoms with E-state index in [0.717, 1.165) is 0 Å². The molecule has 0 unspecified atom stereocenters. The number of ketones is 1. The van der Waals surface area contributed by atoms with Gasteiger partial charge in [0.2, 0.25) is 0 Å². The Labute approximate surface area is 109 Å². The fraction of sp³-hybridized carbons (Fsp3) is 0.143. The SMILES string of the molecule is CC(=O)c1cc(C(=O)O)n(-c2ccc(C)c(F)c2)c1. The molecule has 0 spiro atoms. The second kappa shape index (κ2) is 4.68. The molecule has 98 valence electrons. The van der Waals surface area contributed by atoms with Crippen molar-refractivity contribution in [3.63, 3.8) is 0 Å². The number of hydrogen-bond donors (Lipinski definition) is 1. The molecular formula is C14H12FNO3. The zero-order chi connectivity index (χ0) is 14.2. The Morgan fingerprint density at radius 2 is 1.95 bits per heavy atom. The van der Waals surface area contributed by atoms with Gasteiger partial charge < -0.3 is 9.67 Å². The summed E-state index contributed by atoms with van der Waals surface area (Å²) in [5.74, 6) is -1.84. The van der Waals surface area contributed by atoms with Crippen LogP contribution in [0, 0.1) is 12.7 Å². The van der Waals surface area contributed by atoms with Crippen molar-refractivity contribution in [1.82, 2.24) is 4.57 Å². The van der Waals surface area contributed by atoms with Crippen LogP contribution in [0.25, 0.3) is 5.69 Å². The molecule has 2 aromatic rings. The minimum atomic E-state index is -1.17. The third kappa shape index (κ3) is 2.40. The number of benzene rings is 1. The Morgan fingerprint density at radius 3 is 2.47 bits per heavy atom. The van der Waals surface area contributed by atoms with Crippen molar-refractivity contribution in [1.29, 1.82) is 0 Å². The van der Waals surface area contributed by atoms with Gasteiger partial charge in [-0.3, -0.25) is 4.79 Å². The van der Waals surface area contributed by atoms with E-state index in [2.05, 4.69) is 0 Å². The number of carbonyl (C=O) groups is 2. The predicted octanol–water partition coefficient (Wildman–Crippen LogP) is 2.83. The molecule has 0 atom stereocenters. The topological polar surface area (TPSA) is 59.3 Å². The van der Waals surface area contributed by atoms with E-state index in [9.17, 15) is 14.0 Å². The highest BCUT2D eigenvalue weighted by atomic mass is 19.1. The summed E-state index contributed by atoms with van der Waals surface area (Å²) >= 11 is 0. The summed E-state index contributed by atoms with van der Waals surface area (Å²) in [7, 11) is 0. The Morgan fingerprint density at radius 1 is 1.26 bits per heavy atom. The lowest BCUT2D eigenvalue weighted by Gasteiger charge is -2.07. The minimum absolute atomic E-state index is 0.0755.